The zero-order valence-electron chi connectivity index (χ0n) is 6.70. The zero-order valence-corrected chi connectivity index (χ0v) is 6.70. The van der Waals surface area contributed by atoms with Gasteiger partial charge in [-0.05, 0) is 6.92 Å². The topological polar surface area (TPSA) is 66.5 Å². The Labute approximate surface area is 69.3 Å². The van der Waals surface area contributed by atoms with Crippen LogP contribution in [-0.2, 0) is 0 Å². The van der Waals surface area contributed by atoms with Crippen molar-refractivity contribution in [2.75, 3.05) is 11.9 Å². The highest BCUT2D eigenvalue weighted by Gasteiger charge is 2.02. The predicted octanol–water partition coefficient (Wildman–Crippen LogP) is 0.785. The van der Waals surface area contributed by atoms with Crippen LogP contribution in [0.1, 0.15) is 6.92 Å². The summed E-state index contributed by atoms with van der Waals surface area (Å²) < 4.78 is 0. The number of hydrogen-bond acceptors (Lipinski definition) is 4. The smallest absolute Gasteiger partial charge is 0.182 e. The van der Waals surface area contributed by atoms with Gasteiger partial charge in [0.2, 0.25) is 0 Å². The molecule has 0 aliphatic heterocycles. The number of nitrogens with one attached hydrogen (secondary N) is 2. The third-order valence-electron chi connectivity index (χ3n) is 1.57. The van der Waals surface area contributed by atoms with Crippen molar-refractivity contribution in [3.8, 4) is 0 Å². The van der Waals surface area contributed by atoms with Crippen molar-refractivity contribution in [2.24, 2.45) is 0 Å². The Balaban J connectivity index is 2.57. The molecule has 0 fully saturated rings. The summed E-state index contributed by atoms with van der Waals surface area (Å²) in [5, 5.41) is 3.11. The van der Waals surface area contributed by atoms with E-state index in [-0.39, 0.29) is 0 Å². The lowest BCUT2D eigenvalue weighted by molar-refractivity contribution is 1.13. The van der Waals surface area contributed by atoms with Crippen LogP contribution in [0, 0.1) is 0 Å². The highest BCUT2D eigenvalue weighted by Crippen LogP contribution is 2.13. The van der Waals surface area contributed by atoms with E-state index in [9.17, 15) is 0 Å². The van der Waals surface area contributed by atoms with Crippen LogP contribution >= 0.6 is 0 Å². The van der Waals surface area contributed by atoms with Crippen LogP contribution in [0.2, 0.25) is 0 Å². The van der Waals surface area contributed by atoms with Crippen LogP contribution in [0.3, 0.4) is 0 Å². The minimum atomic E-state index is 0.695. The maximum atomic E-state index is 4.08. The Hall–Kier alpha value is -1.65. The quantitative estimate of drug-likeness (QED) is 0.686. The molecule has 0 atom stereocenters. The maximum absolute atomic E-state index is 4.08. The first-order chi connectivity index (χ1) is 5.92. The van der Waals surface area contributed by atoms with E-state index in [1.165, 1.54) is 6.33 Å². The zero-order chi connectivity index (χ0) is 8.39. The average Bonchev–Trinajstić information content (AvgIpc) is 2.53. The predicted molar refractivity (Wildman–Crippen MR) is 45.8 cm³/mol. The van der Waals surface area contributed by atoms with Gasteiger partial charge in [-0.3, -0.25) is 0 Å². The van der Waals surface area contributed by atoms with E-state index in [0.717, 1.165) is 17.9 Å². The van der Waals surface area contributed by atoms with Crippen LogP contribution in [0.4, 0.5) is 5.82 Å². The standard InChI is InChI=1S/C7H9N5/c1-2-8-6-5-7(10-3-9-5)12-4-11-6/h3-4H,2H2,1H3,(H2,8,9,10,11,12). The van der Waals surface area contributed by atoms with E-state index in [0.29, 0.717) is 5.65 Å². The molecule has 0 aromatic carbocycles. The first kappa shape index (κ1) is 7.02. The first-order valence-corrected chi connectivity index (χ1v) is 3.79. The largest absolute Gasteiger partial charge is 0.368 e. The SMILES string of the molecule is CCNc1ncnc2nc[nH]c12. The Kier molecular flexibility index (Phi) is 1.62. The second kappa shape index (κ2) is 2.77. The Morgan fingerprint density at radius 3 is 3.17 bits per heavy atom. The fourth-order valence-corrected chi connectivity index (χ4v) is 1.07. The minimum absolute atomic E-state index is 0.695. The van der Waals surface area contributed by atoms with Gasteiger partial charge in [-0.2, -0.15) is 0 Å². The van der Waals surface area contributed by atoms with Gasteiger partial charge in [0.15, 0.2) is 11.5 Å². The van der Waals surface area contributed by atoms with Crippen molar-refractivity contribution in [3.05, 3.63) is 12.7 Å². The van der Waals surface area contributed by atoms with E-state index in [2.05, 4.69) is 25.3 Å². The molecule has 0 amide bonds. The van der Waals surface area contributed by atoms with Crippen LogP contribution < -0.4 is 5.32 Å². The third kappa shape index (κ3) is 0.990. The second-order valence-corrected chi connectivity index (χ2v) is 2.35. The summed E-state index contributed by atoms with van der Waals surface area (Å²) in [7, 11) is 0. The molecule has 2 aromatic rings. The highest BCUT2D eigenvalue weighted by atomic mass is 15.1. The Bertz CT molecular complexity index is 380. The Morgan fingerprint density at radius 1 is 1.42 bits per heavy atom. The summed E-state index contributed by atoms with van der Waals surface area (Å²) in [6.07, 6.45) is 3.11. The fourth-order valence-electron chi connectivity index (χ4n) is 1.07. The molecule has 0 unspecified atom stereocenters. The third-order valence-corrected chi connectivity index (χ3v) is 1.57. The number of nitrogens with zero attached hydrogens (tertiary/aromatic N) is 3. The van der Waals surface area contributed by atoms with Gasteiger partial charge in [-0.25, -0.2) is 15.0 Å². The molecule has 0 aliphatic rings. The monoisotopic (exact) mass is 163 g/mol. The number of H-pyrrole nitrogens is 1. The van der Waals surface area contributed by atoms with Crippen LogP contribution in [0.25, 0.3) is 11.2 Å². The number of rotatable bonds is 2. The number of aromatic amines is 1. The molecule has 2 rings (SSSR count). The molecule has 0 radical (unpaired) electrons. The lowest BCUT2D eigenvalue weighted by atomic mass is 10.5. The summed E-state index contributed by atoms with van der Waals surface area (Å²) >= 11 is 0. The molecule has 2 aromatic heterocycles. The van der Waals surface area contributed by atoms with Crippen molar-refractivity contribution < 1.29 is 0 Å². The van der Waals surface area contributed by atoms with E-state index < -0.39 is 0 Å². The molecule has 0 aliphatic carbocycles. The van der Waals surface area contributed by atoms with Crippen LogP contribution in [-0.4, -0.2) is 26.5 Å². The molecule has 0 saturated carbocycles. The summed E-state index contributed by atoms with van der Waals surface area (Å²) in [4.78, 5) is 15.1. The van der Waals surface area contributed by atoms with E-state index in [4.69, 9.17) is 0 Å². The number of imidazole rings is 1. The fraction of sp³-hybridized carbons (Fsp3) is 0.286. The van der Waals surface area contributed by atoms with Crippen molar-refractivity contribution in [3.63, 3.8) is 0 Å². The van der Waals surface area contributed by atoms with Crippen molar-refractivity contribution in [1.29, 1.82) is 0 Å². The van der Waals surface area contributed by atoms with E-state index in [1.54, 1.807) is 6.33 Å². The first-order valence-electron chi connectivity index (χ1n) is 3.79. The molecule has 0 saturated heterocycles. The number of aromatic nitrogens is 4. The number of fused-ring (bicyclic) bond motifs is 1. The van der Waals surface area contributed by atoms with Gasteiger partial charge in [0.1, 0.15) is 11.8 Å². The molecular weight excluding hydrogens is 154 g/mol. The lowest BCUT2D eigenvalue weighted by Gasteiger charge is -2.00. The lowest BCUT2D eigenvalue weighted by Crippen LogP contribution is -2.00. The molecule has 5 heteroatoms. The molecular formula is C7H9N5. The van der Waals surface area contributed by atoms with Crippen LogP contribution in [0.5, 0.6) is 0 Å². The van der Waals surface area contributed by atoms with E-state index in [1.807, 2.05) is 6.92 Å². The molecule has 0 bridgehead atoms. The highest BCUT2D eigenvalue weighted by molar-refractivity contribution is 5.81. The summed E-state index contributed by atoms with van der Waals surface area (Å²) in [6.45, 7) is 2.86. The van der Waals surface area contributed by atoms with Gasteiger partial charge in [-0.1, -0.05) is 0 Å². The van der Waals surface area contributed by atoms with Gasteiger partial charge < -0.3 is 10.3 Å². The molecule has 2 N–H and O–H groups in total. The normalized spacial score (nSPS) is 10.4. The number of hydrogen-bond donors (Lipinski definition) is 2. The molecule has 0 spiro atoms. The minimum Gasteiger partial charge on any atom is -0.368 e. The Morgan fingerprint density at radius 2 is 2.33 bits per heavy atom. The summed E-state index contributed by atoms with van der Waals surface area (Å²) in [5.41, 5.74) is 1.56. The van der Waals surface area contributed by atoms with Crippen molar-refractivity contribution >= 4 is 17.0 Å². The van der Waals surface area contributed by atoms with Gasteiger partial charge in [0, 0.05) is 6.54 Å². The van der Waals surface area contributed by atoms with E-state index >= 15 is 0 Å². The summed E-state index contributed by atoms with van der Waals surface area (Å²) in [6, 6.07) is 0. The molecule has 12 heavy (non-hydrogen) atoms. The van der Waals surface area contributed by atoms with Gasteiger partial charge in [0.25, 0.3) is 0 Å². The van der Waals surface area contributed by atoms with Gasteiger partial charge >= 0.3 is 0 Å². The molecule has 2 heterocycles. The van der Waals surface area contributed by atoms with Crippen molar-refractivity contribution in [2.45, 2.75) is 6.92 Å². The van der Waals surface area contributed by atoms with Crippen molar-refractivity contribution in [1.82, 2.24) is 19.9 Å². The number of anilines is 1. The average molecular weight is 163 g/mol. The molecule has 5 nitrogen and oxygen atoms in total. The van der Waals surface area contributed by atoms with Gasteiger partial charge in [0.05, 0.1) is 6.33 Å². The second-order valence-electron chi connectivity index (χ2n) is 2.35. The van der Waals surface area contributed by atoms with Crippen LogP contribution in [0.15, 0.2) is 12.7 Å². The molecule has 62 valence electrons. The van der Waals surface area contributed by atoms with Gasteiger partial charge in [-0.15, -0.1) is 0 Å². The summed E-state index contributed by atoms with van der Waals surface area (Å²) in [5.74, 6) is 0.806. The maximum Gasteiger partial charge on any atom is 0.182 e.